The third-order valence-corrected chi connectivity index (χ3v) is 4.20. The number of aryl methyl sites for hydroxylation is 2. The quantitative estimate of drug-likeness (QED) is 0.839. The molecule has 1 aliphatic rings. The normalized spacial score (nSPS) is 19.3. The molecule has 0 amide bonds. The molecule has 0 saturated carbocycles. The van der Waals surface area contributed by atoms with E-state index in [0.717, 1.165) is 6.54 Å². The lowest BCUT2D eigenvalue weighted by Gasteiger charge is -2.13. The molecule has 1 atom stereocenters. The Morgan fingerprint density at radius 3 is 2.93 bits per heavy atom. The first-order chi connectivity index (χ1) is 7.22. The van der Waals surface area contributed by atoms with Crippen LogP contribution in [0, 0.1) is 13.8 Å². The summed E-state index contributed by atoms with van der Waals surface area (Å²) in [6.07, 6.45) is 1.21. The molecule has 1 heterocycles. The van der Waals surface area contributed by atoms with Gasteiger partial charge in [0.1, 0.15) is 0 Å². The minimum atomic E-state index is 0.573. The summed E-state index contributed by atoms with van der Waals surface area (Å²) < 4.78 is 0. The van der Waals surface area contributed by atoms with Gasteiger partial charge in [-0.25, -0.2) is 0 Å². The largest absolute Gasteiger partial charge is 0.309 e. The number of rotatable bonds is 3. The fraction of sp³-hybridized carbons (Fsp3) is 0.538. The van der Waals surface area contributed by atoms with Gasteiger partial charge in [0.25, 0.3) is 0 Å². The van der Waals surface area contributed by atoms with Gasteiger partial charge in [-0.2, -0.15) is 0 Å². The SMILES string of the molecule is CCCNC1CSc2c(C)cc(C)cc21. The Labute approximate surface area is 96.7 Å². The van der Waals surface area contributed by atoms with Crippen molar-refractivity contribution in [2.75, 3.05) is 12.3 Å². The van der Waals surface area contributed by atoms with Crippen LogP contribution in [0.3, 0.4) is 0 Å². The van der Waals surface area contributed by atoms with Crippen LogP contribution in [0.1, 0.15) is 36.1 Å². The van der Waals surface area contributed by atoms with Gasteiger partial charge in [-0.1, -0.05) is 24.6 Å². The Kier molecular flexibility index (Phi) is 3.37. The summed E-state index contributed by atoms with van der Waals surface area (Å²) in [4.78, 5) is 1.51. The van der Waals surface area contributed by atoms with Crippen LogP contribution in [0.4, 0.5) is 0 Å². The predicted molar refractivity (Wildman–Crippen MR) is 67.7 cm³/mol. The van der Waals surface area contributed by atoms with Gasteiger partial charge in [0.05, 0.1) is 0 Å². The summed E-state index contributed by atoms with van der Waals surface area (Å²) in [6, 6.07) is 5.20. The molecule has 0 spiro atoms. The van der Waals surface area contributed by atoms with Crippen molar-refractivity contribution in [1.29, 1.82) is 0 Å². The van der Waals surface area contributed by atoms with Gasteiger partial charge >= 0.3 is 0 Å². The highest BCUT2D eigenvalue weighted by Gasteiger charge is 2.23. The summed E-state index contributed by atoms with van der Waals surface area (Å²) in [7, 11) is 0. The zero-order chi connectivity index (χ0) is 10.8. The summed E-state index contributed by atoms with van der Waals surface area (Å²) in [5.41, 5.74) is 4.35. The van der Waals surface area contributed by atoms with Crippen LogP contribution < -0.4 is 5.32 Å². The lowest BCUT2D eigenvalue weighted by Crippen LogP contribution is -2.21. The van der Waals surface area contributed by atoms with E-state index in [9.17, 15) is 0 Å². The highest BCUT2D eigenvalue weighted by molar-refractivity contribution is 7.99. The maximum absolute atomic E-state index is 3.62. The molecule has 1 N–H and O–H groups in total. The van der Waals surface area contributed by atoms with E-state index in [-0.39, 0.29) is 0 Å². The molecular weight excluding hydrogens is 202 g/mol. The third kappa shape index (κ3) is 2.21. The Hall–Kier alpha value is -0.470. The van der Waals surface area contributed by atoms with Crippen molar-refractivity contribution in [3.05, 3.63) is 28.8 Å². The predicted octanol–water partition coefficient (Wildman–Crippen LogP) is 3.45. The highest BCUT2D eigenvalue weighted by atomic mass is 32.2. The average Bonchev–Trinajstić information content (AvgIpc) is 2.58. The van der Waals surface area contributed by atoms with E-state index in [1.807, 2.05) is 11.8 Å². The van der Waals surface area contributed by atoms with Gasteiger partial charge in [0.2, 0.25) is 0 Å². The third-order valence-electron chi connectivity index (χ3n) is 2.86. The fourth-order valence-corrected chi connectivity index (χ4v) is 3.47. The minimum absolute atomic E-state index is 0.573. The molecule has 1 unspecified atom stereocenters. The van der Waals surface area contributed by atoms with Crippen LogP contribution in [0.15, 0.2) is 17.0 Å². The zero-order valence-corrected chi connectivity index (χ0v) is 10.6. The van der Waals surface area contributed by atoms with E-state index >= 15 is 0 Å². The molecule has 0 aromatic heterocycles. The van der Waals surface area contributed by atoms with E-state index in [1.165, 1.54) is 33.8 Å². The molecular formula is C13H19NS. The number of thioether (sulfide) groups is 1. The van der Waals surface area contributed by atoms with E-state index in [0.29, 0.717) is 6.04 Å². The highest BCUT2D eigenvalue weighted by Crippen LogP contribution is 2.40. The Bertz CT molecular complexity index is 360. The number of fused-ring (bicyclic) bond motifs is 1. The Balaban J connectivity index is 2.25. The van der Waals surface area contributed by atoms with E-state index < -0.39 is 0 Å². The molecule has 0 bridgehead atoms. The Morgan fingerprint density at radius 1 is 1.40 bits per heavy atom. The van der Waals surface area contributed by atoms with Crippen molar-refractivity contribution in [2.45, 2.75) is 38.1 Å². The van der Waals surface area contributed by atoms with Gasteiger partial charge < -0.3 is 5.32 Å². The molecule has 0 fully saturated rings. The fourth-order valence-electron chi connectivity index (χ4n) is 2.19. The number of hydrogen-bond acceptors (Lipinski definition) is 2. The van der Waals surface area contributed by atoms with Crippen LogP contribution >= 0.6 is 11.8 Å². The first kappa shape index (κ1) is 11.0. The van der Waals surface area contributed by atoms with Crippen molar-refractivity contribution in [3.63, 3.8) is 0 Å². The molecule has 82 valence electrons. The second-order valence-corrected chi connectivity index (χ2v) is 5.35. The molecule has 0 saturated heterocycles. The molecule has 15 heavy (non-hydrogen) atoms. The minimum Gasteiger partial charge on any atom is -0.309 e. The second-order valence-electron chi connectivity index (χ2n) is 4.32. The summed E-state index contributed by atoms with van der Waals surface area (Å²) >= 11 is 2.00. The van der Waals surface area contributed by atoms with E-state index in [2.05, 4.69) is 38.2 Å². The maximum Gasteiger partial charge on any atom is 0.0426 e. The van der Waals surface area contributed by atoms with Gasteiger partial charge in [0, 0.05) is 16.7 Å². The van der Waals surface area contributed by atoms with Crippen LogP contribution in [-0.4, -0.2) is 12.3 Å². The summed E-state index contributed by atoms with van der Waals surface area (Å²) in [5.74, 6) is 1.19. The second kappa shape index (κ2) is 4.58. The summed E-state index contributed by atoms with van der Waals surface area (Å²) in [5, 5.41) is 3.62. The number of hydrogen-bond donors (Lipinski definition) is 1. The van der Waals surface area contributed by atoms with Crippen LogP contribution in [0.2, 0.25) is 0 Å². The zero-order valence-electron chi connectivity index (χ0n) is 9.76. The standard InChI is InChI=1S/C13H19NS/c1-4-5-14-12-8-15-13-10(3)6-9(2)7-11(12)13/h6-7,12,14H,4-5,8H2,1-3H3. The van der Waals surface area contributed by atoms with Crippen molar-refractivity contribution in [3.8, 4) is 0 Å². The number of nitrogens with one attached hydrogen (secondary N) is 1. The maximum atomic E-state index is 3.62. The van der Waals surface area contributed by atoms with Gasteiger partial charge in [-0.05, 0) is 37.9 Å². The molecule has 1 aromatic carbocycles. The van der Waals surface area contributed by atoms with Crippen LogP contribution in [-0.2, 0) is 0 Å². The van der Waals surface area contributed by atoms with E-state index in [1.54, 1.807) is 0 Å². The van der Waals surface area contributed by atoms with Gasteiger partial charge in [-0.3, -0.25) is 0 Å². The van der Waals surface area contributed by atoms with Crippen molar-refractivity contribution >= 4 is 11.8 Å². The van der Waals surface area contributed by atoms with Crippen LogP contribution in [0.25, 0.3) is 0 Å². The van der Waals surface area contributed by atoms with Crippen molar-refractivity contribution in [1.82, 2.24) is 5.32 Å². The number of benzene rings is 1. The first-order valence-corrected chi connectivity index (χ1v) is 6.68. The molecule has 2 heteroatoms. The summed E-state index contributed by atoms with van der Waals surface area (Å²) in [6.45, 7) is 7.75. The molecule has 1 aliphatic heterocycles. The molecule has 1 nitrogen and oxygen atoms in total. The monoisotopic (exact) mass is 221 g/mol. The van der Waals surface area contributed by atoms with Crippen LogP contribution in [0.5, 0.6) is 0 Å². The van der Waals surface area contributed by atoms with E-state index in [4.69, 9.17) is 0 Å². The average molecular weight is 221 g/mol. The smallest absolute Gasteiger partial charge is 0.0426 e. The Morgan fingerprint density at radius 2 is 2.20 bits per heavy atom. The lowest BCUT2D eigenvalue weighted by molar-refractivity contribution is 0.578. The van der Waals surface area contributed by atoms with Gasteiger partial charge in [-0.15, -0.1) is 11.8 Å². The van der Waals surface area contributed by atoms with Crippen molar-refractivity contribution in [2.24, 2.45) is 0 Å². The topological polar surface area (TPSA) is 12.0 Å². The van der Waals surface area contributed by atoms with Gasteiger partial charge in [0.15, 0.2) is 0 Å². The van der Waals surface area contributed by atoms with Crippen molar-refractivity contribution < 1.29 is 0 Å². The molecule has 0 aliphatic carbocycles. The molecule has 0 radical (unpaired) electrons. The molecule has 2 rings (SSSR count). The first-order valence-electron chi connectivity index (χ1n) is 5.69. The molecule has 1 aromatic rings. The lowest BCUT2D eigenvalue weighted by atomic mass is 10.0.